The third-order valence-corrected chi connectivity index (χ3v) is 20.1. The molecule has 5 atom stereocenters. The number of rotatable bonds is 37. The molecule has 1 rings (SSSR count). The zero-order valence-corrected chi connectivity index (χ0v) is 40.0. The maximum atomic E-state index is 12.4. The van der Waals surface area contributed by atoms with E-state index in [1.165, 1.54) is 195 Å². The van der Waals surface area contributed by atoms with Gasteiger partial charge in [-0.05, 0) is 0 Å². The predicted molar refractivity (Wildman–Crippen MR) is 236 cm³/mol. The topological polar surface area (TPSA) is 114 Å². The zero-order chi connectivity index (χ0) is 41.9. The number of ether oxygens (including phenoxy) is 5. The zero-order valence-electron chi connectivity index (χ0n) is 37.3. The second-order valence-corrected chi connectivity index (χ2v) is 24.9. The molecule has 334 valence electrons. The molecule has 1 aliphatic rings. The molecule has 1 aliphatic heterocycles. The summed E-state index contributed by atoms with van der Waals surface area (Å²) in [5.74, 6) is -2.24. The summed E-state index contributed by atoms with van der Waals surface area (Å²) in [4.78, 5) is 48.9. The van der Waals surface area contributed by atoms with E-state index in [-0.39, 0.29) is 6.61 Å². The molecule has 1 fully saturated rings. The summed E-state index contributed by atoms with van der Waals surface area (Å²) < 4.78 is 29.0. The van der Waals surface area contributed by atoms with Crippen LogP contribution in [0.15, 0.2) is 0 Å². The van der Waals surface area contributed by atoms with E-state index in [1.807, 2.05) is 0 Å². The Morgan fingerprint density at radius 1 is 0.439 bits per heavy atom. The molecule has 0 aromatic heterocycles. The second-order valence-electron chi connectivity index (χ2n) is 16.3. The molecule has 0 spiro atoms. The van der Waals surface area contributed by atoms with Gasteiger partial charge in [-0.15, -0.1) is 0 Å². The van der Waals surface area contributed by atoms with Gasteiger partial charge in [-0.1, -0.05) is 52.4 Å². The third kappa shape index (κ3) is 29.6. The first kappa shape index (κ1) is 53.8. The Hall–Kier alpha value is -1.25. The molecule has 0 aromatic carbocycles. The average Bonchev–Trinajstić information content (AvgIpc) is 3.15. The van der Waals surface area contributed by atoms with Crippen LogP contribution in [0, 0.1) is 0 Å². The van der Waals surface area contributed by atoms with Gasteiger partial charge in [0, 0.05) is 0 Å². The predicted octanol–water partition coefficient (Wildman–Crippen LogP) is 12.8. The molecule has 57 heavy (non-hydrogen) atoms. The molecule has 0 aromatic rings. The quantitative estimate of drug-likeness (QED) is 0.0258. The Labute approximate surface area is 356 Å². The van der Waals surface area contributed by atoms with Crippen molar-refractivity contribution in [2.24, 2.45) is 0 Å². The van der Waals surface area contributed by atoms with Crippen LogP contribution in [0.4, 0.5) is 0 Å². The minimum atomic E-state index is -1.59. The van der Waals surface area contributed by atoms with E-state index in [1.54, 1.807) is 10.0 Å². The Balaban J connectivity index is 2.82. The van der Waals surface area contributed by atoms with E-state index < -0.39 is 67.2 Å². The Morgan fingerprint density at radius 2 is 0.754 bits per heavy atom. The molecule has 0 bridgehead atoms. The van der Waals surface area contributed by atoms with Gasteiger partial charge in [0.05, 0.1) is 0 Å². The van der Waals surface area contributed by atoms with Gasteiger partial charge in [-0.3, -0.25) is 0 Å². The second kappa shape index (κ2) is 36.6. The van der Waals surface area contributed by atoms with Crippen molar-refractivity contribution in [3.8, 4) is 0 Å². The van der Waals surface area contributed by atoms with Crippen molar-refractivity contribution in [2.45, 2.75) is 262 Å². The van der Waals surface area contributed by atoms with Crippen molar-refractivity contribution in [1.82, 2.24) is 0 Å². The van der Waals surface area contributed by atoms with Crippen LogP contribution in [-0.4, -0.2) is 73.8 Å². The van der Waals surface area contributed by atoms with E-state index in [2.05, 4.69) is 13.8 Å². The third-order valence-electron chi connectivity index (χ3n) is 10.7. The van der Waals surface area contributed by atoms with Gasteiger partial charge < -0.3 is 0 Å². The molecular weight excluding hydrogens is 803 g/mol. The van der Waals surface area contributed by atoms with Crippen LogP contribution < -0.4 is 0 Å². The first-order valence-corrected chi connectivity index (χ1v) is 29.1. The van der Waals surface area contributed by atoms with Gasteiger partial charge in [0.1, 0.15) is 0 Å². The number of hydrogen-bond donors (Lipinski definition) is 0. The summed E-state index contributed by atoms with van der Waals surface area (Å²) in [5, 5.41) is 2.28. The standard InChI is InChI=1S/C46H85AsO9S/c1-7-9-11-13-15-17-19-21-23-25-27-29-31-33-35-47(36-34-32-30-28-26-24-22-20-18-16-14-12-10-8-2)57-46-45(55-41(6)51)44(54-40(5)50)43(53-39(4)49)42(56-46)37-52-38(3)48/h42-46H,7-37H2,1-6H3/t42-,43-,44+,45-,46+/m1/s1. The Kier molecular flexibility index (Phi) is 34.5. The van der Waals surface area contributed by atoms with Gasteiger partial charge in [0.15, 0.2) is 0 Å². The first-order chi connectivity index (χ1) is 27.6. The van der Waals surface area contributed by atoms with Gasteiger partial charge in [-0.25, -0.2) is 0 Å². The fourth-order valence-electron chi connectivity index (χ4n) is 7.60. The Morgan fingerprint density at radius 3 is 1.09 bits per heavy atom. The summed E-state index contributed by atoms with van der Waals surface area (Å²) in [5.41, 5.74) is -0.649. The van der Waals surface area contributed by atoms with Crippen molar-refractivity contribution in [2.75, 3.05) is 6.61 Å². The van der Waals surface area contributed by atoms with E-state index >= 15 is 0 Å². The van der Waals surface area contributed by atoms with E-state index in [4.69, 9.17) is 23.7 Å². The van der Waals surface area contributed by atoms with Crippen LogP contribution in [0.5, 0.6) is 0 Å². The van der Waals surface area contributed by atoms with Crippen molar-refractivity contribution >= 4 is 47.4 Å². The van der Waals surface area contributed by atoms with E-state index in [9.17, 15) is 19.2 Å². The summed E-state index contributed by atoms with van der Waals surface area (Å²) in [7, 11) is 1.75. The van der Waals surface area contributed by atoms with Gasteiger partial charge in [-0.2, -0.15) is 0 Å². The fraction of sp³-hybridized carbons (Fsp3) is 0.913. The normalized spacial score (nSPS) is 19.4. The molecule has 0 amide bonds. The molecule has 0 unspecified atom stereocenters. The summed E-state index contributed by atoms with van der Waals surface area (Å²) in [6.07, 6.45) is 33.0. The minimum absolute atomic E-state index is 0.181. The van der Waals surface area contributed by atoms with Gasteiger partial charge in [0.25, 0.3) is 0 Å². The molecule has 11 heteroatoms. The number of hydrogen-bond acceptors (Lipinski definition) is 10. The van der Waals surface area contributed by atoms with Crippen LogP contribution >= 0.6 is 10.0 Å². The molecule has 0 radical (unpaired) electrons. The van der Waals surface area contributed by atoms with Crippen molar-refractivity contribution < 1.29 is 42.9 Å². The molecule has 1 saturated heterocycles. The monoisotopic (exact) mass is 889 g/mol. The number of unbranched alkanes of at least 4 members (excludes halogenated alkanes) is 26. The number of carbonyl (C=O) groups excluding carboxylic acids is 4. The van der Waals surface area contributed by atoms with E-state index in [0.717, 1.165) is 23.3 Å². The van der Waals surface area contributed by atoms with Crippen LogP contribution in [0.1, 0.15) is 221 Å². The summed E-state index contributed by atoms with van der Waals surface area (Å²) in [6, 6.07) is 0. The fourth-order valence-corrected chi connectivity index (χ4v) is 17.1. The Bertz CT molecular complexity index is 998. The number of esters is 4. The molecule has 0 aliphatic carbocycles. The maximum absolute atomic E-state index is 12.4. The molecular formula is C46H85AsO9S. The average molecular weight is 889 g/mol. The summed E-state index contributed by atoms with van der Waals surface area (Å²) >= 11 is -1.59. The molecule has 0 saturated carbocycles. The van der Waals surface area contributed by atoms with Gasteiger partial charge >= 0.3 is 306 Å². The molecule has 9 nitrogen and oxygen atoms in total. The van der Waals surface area contributed by atoms with Crippen LogP contribution in [-0.2, 0) is 42.9 Å². The summed E-state index contributed by atoms with van der Waals surface area (Å²) in [6.45, 7) is 9.51. The van der Waals surface area contributed by atoms with Gasteiger partial charge in [0.2, 0.25) is 0 Å². The van der Waals surface area contributed by atoms with Crippen molar-refractivity contribution in [1.29, 1.82) is 0 Å². The molecule has 0 N–H and O–H groups in total. The number of carbonyl (C=O) groups is 4. The van der Waals surface area contributed by atoms with Crippen LogP contribution in [0.3, 0.4) is 0 Å². The van der Waals surface area contributed by atoms with Crippen molar-refractivity contribution in [3.63, 3.8) is 0 Å². The van der Waals surface area contributed by atoms with Crippen molar-refractivity contribution in [3.05, 3.63) is 0 Å². The first-order valence-electron chi connectivity index (χ1n) is 23.3. The SMILES string of the molecule is CCCCCCCCCCCCCCCC[As](CCCCCCCCCCCCCCCC)S[C@@H]1O[C@H](COC(C)=O)[C@@H](OC(C)=O)[C@H](OC(C)=O)[C@H]1OC(C)=O. The van der Waals surface area contributed by atoms with Crippen LogP contribution in [0.25, 0.3) is 0 Å². The molecule has 1 heterocycles. The van der Waals surface area contributed by atoms with Crippen LogP contribution in [0.2, 0.25) is 10.4 Å². The van der Waals surface area contributed by atoms with E-state index in [0.29, 0.717) is 0 Å².